The van der Waals surface area contributed by atoms with Crippen molar-refractivity contribution < 1.29 is 23.7 Å². The van der Waals surface area contributed by atoms with E-state index in [1.54, 1.807) is 26.2 Å². The quantitative estimate of drug-likeness (QED) is 0.799. The molecule has 1 fully saturated rings. The molecular weight excluding hydrogens is 336 g/mol. The maximum Gasteiger partial charge on any atom is 0.410 e. The topological polar surface area (TPSA) is 60.5 Å². The first kappa shape index (κ1) is 20.2. The van der Waals surface area contributed by atoms with E-state index in [1.165, 1.54) is 0 Å². The first-order valence-electron chi connectivity index (χ1n) is 8.77. The Morgan fingerprint density at radius 1 is 0.962 bits per heavy atom. The van der Waals surface area contributed by atoms with Gasteiger partial charge >= 0.3 is 6.09 Å². The summed E-state index contributed by atoms with van der Waals surface area (Å²) in [6.45, 7) is 9.19. The SMILES string of the molecule is COc1ccc(CN2CCN(C(=O)OC(C)(C)C)CC2)c(OC)c1OC. The first-order valence-corrected chi connectivity index (χ1v) is 8.77. The Morgan fingerprint density at radius 2 is 1.58 bits per heavy atom. The highest BCUT2D eigenvalue weighted by Crippen LogP contribution is 2.40. The van der Waals surface area contributed by atoms with Crippen LogP contribution in [0.3, 0.4) is 0 Å². The molecule has 0 bridgehead atoms. The van der Waals surface area contributed by atoms with Crippen LogP contribution in [0.15, 0.2) is 12.1 Å². The molecule has 0 atom stereocenters. The van der Waals surface area contributed by atoms with Crippen molar-refractivity contribution in [1.29, 1.82) is 0 Å². The Hall–Kier alpha value is -2.15. The molecule has 0 radical (unpaired) electrons. The Bertz CT molecular complexity index is 619. The van der Waals surface area contributed by atoms with Crippen molar-refractivity contribution >= 4 is 6.09 Å². The lowest BCUT2D eigenvalue weighted by Gasteiger charge is -2.35. The van der Waals surface area contributed by atoms with E-state index in [9.17, 15) is 4.79 Å². The number of amides is 1. The Labute approximate surface area is 155 Å². The molecule has 0 N–H and O–H groups in total. The van der Waals surface area contributed by atoms with Gasteiger partial charge in [-0.1, -0.05) is 6.07 Å². The molecule has 7 nitrogen and oxygen atoms in total. The van der Waals surface area contributed by atoms with Crippen LogP contribution in [0.4, 0.5) is 4.79 Å². The van der Waals surface area contributed by atoms with E-state index in [0.717, 1.165) is 18.7 Å². The highest BCUT2D eigenvalue weighted by Gasteiger charge is 2.26. The highest BCUT2D eigenvalue weighted by molar-refractivity contribution is 5.68. The fourth-order valence-electron chi connectivity index (χ4n) is 2.94. The van der Waals surface area contributed by atoms with E-state index in [0.29, 0.717) is 36.9 Å². The van der Waals surface area contributed by atoms with Crippen molar-refractivity contribution in [2.24, 2.45) is 0 Å². The Kier molecular flexibility index (Phi) is 6.58. The summed E-state index contributed by atoms with van der Waals surface area (Å²) < 4.78 is 21.8. The summed E-state index contributed by atoms with van der Waals surface area (Å²) in [5.41, 5.74) is 0.553. The van der Waals surface area contributed by atoms with Crippen LogP contribution >= 0.6 is 0 Å². The minimum Gasteiger partial charge on any atom is -0.493 e. The van der Waals surface area contributed by atoms with Gasteiger partial charge in [-0.05, 0) is 26.8 Å². The molecule has 0 aliphatic carbocycles. The lowest BCUT2D eigenvalue weighted by atomic mass is 10.1. The number of nitrogens with zero attached hydrogens (tertiary/aromatic N) is 2. The molecule has 1 amide bonds. The zero-order valence-corrected chi connectivity index (χ0v) is 16.6. The third-order valence-electron chi connectivity index (χ3n) is 4.20. The van der Waals surface area contributed by atoms with Gasteiger partial charge in [-0.2, -0.15) is 0 Å². The van der Waals surface area contributed by atoms with Crippen molar-refractivity contribution in [3.05, 3.63) is 17.7 Å². The number of rotatable bonds is 5. The van der Waals surface area contributed by atoms with Crippen LogP contribution in [0.5, 0.6) is 17.2 Å². The third-order valence-corrected chi connectivity index (χ3v) is 4.20. The number of hydrogen-bond donors (Lipinski definition) is 0. The molecule has 0 unspecified atom stereocenters. The van der Waals surface area contributed by atoms with E-state index < -0.39 is 5.60 Å². The molecule has 1 heterocycles. The summed E-state index contributed by atoms with van der Waals surface area (Å²) in [5, 5.41) is 0. The lowest BCUT2D eigenvalue weighted by Crippen LogP contribution is -2.49. The van der Waals surface area contributed by atoms with Gasteiger partial charge in [0.2, 0.25) is 5.75 Å². The van der Waals surface area contributed by atoms with Gasteiger partial charge in [0.25, 0.3) is 0 Å². The molecule has 1 aromatic carbocycles. The monoisotopic (exact) mass is 366 g/mol. The van der Waals surface area contributed by atoms with Crippen molar-refractivity contribution in [2.75, 3.05) is 47.5 Å². The van der Waals surface area contributed by atoms with Gasteiger partial charge in [0, 0.05) is 38.3 Å². The molecule has 26 heavy (non-hydrogen) atoms. The van der Waals surface area contributed by atoms with E-state index in [4.69, 9.17) is 18.9 Å². The number of carbonyl (C=O) groups excluding carboxylic acids is 1. The predicted octanol–water partition coefficient (Wildman–Crippen LogP) is 2.77. The maximum atomic E-state index is 12.2. The van der Waals surface area contributed by atoms with Gasteiger partial charge in [0.1, 0.15) is 5.60 Å². The van der Waals surface area contributed by atoms with Crippen LogP contribution in [-0.2, 0) is 11.3 Å². The smallest absolute Gasteiger partial charge is 0.410 e. The molecule has 1 aromatic rings. The lowest BCUT2D eigenvalue weighted by molar-refractivity contribution is 0.0138. The average Bonchev–Trinajstić information content (AvgIpc) is 2.60. The van der Waals surface area contributed by atoms with Gasteiger partial charge < -0.3 is 23.8 Å². The minimum atomic E-state index is -0.471. The molecular formula is C19H30N2O5. The van der Waals surface area contributed by atoms with Crippen LogP contribution in [0.1, 0.15) is 26.3 Å². The Morgan fingerprint density at radius 3 is 2.08 bits per heavy atom. The van der Waals surface area contributed by atoms with Crippen LogP contribution in [0, 0.1) is 0 Å². The van der Waals surface area contributed by atoms with Gasteiger partial charge in [-0.3, -0.25) is 4.90 Å². The summed E-state index contributed by atoms with van der Waals surface area (Å²) in [4.78, 5) is 16.2. The van der Waals surface area contributed by atoms with Crippen LogP contribution in [0.2, 0.25) is 0 Å². The second kappa shape index (κ2) is 8.49. The molecule has 1 aliphatic heterocycles. The standard InChI is InChI=1S/C19H30N2O5/c1-19(2,3)26-18(22)21-11-9-20(10-12-21)13-14-7-8-15(23-4)17(25-6)16(14)24-5/h7-8H,9-13H2,1-6H3. The number of carbonyl (C=O) groups is 1. The van der Waals surface area contributed by atoms with Gasteiger partial charge in [-0.15, -0.1) is 0 Å². The molecule has 146 valence electrons. The number of methoxy groups -OCH3 is 3. The molecule has 1 aliphatic rings. The van der Waals surface area contributed by atoms with Crippen molar-refractivity contribution in [1.82, 2.24) is 9.80 Å². The van der Waals surface area contributed by atoms with Crippen LogP contribution in [0.25, 0.3) is 0 Å². The maximum absolute atomic E-state index is 12.2. The molecule has 7 heteroatoms. The largest absolute Gasteiger partial charge is 0.493 e. The van der Waals surface area contributed by atoms with Crippen LogP contribution in [-0.4, -0.2) is 69.0 Å². The van der Waals surface area contributed by atoms with Gasteiger partial charge in [0.15, 0.2) is 11.5 Å². The third kappa shape index (κ3) is 4.94. The highest BCUT2D eigenvalue weighted by atomic mass is 16.6. The van der Waals surface area contributed by atoms with Gasteiger partial charge in [-0.25, -0.2) is 4.79 Å². The second-order valence-electron chi connectivity index (χ2n) is 7.24. The zero-order chi connectivity index (χ0) is 19.3. The summed E-state index contributed by atoms with van der Waals surface area (Å²) >= 11 is 0. The Balaban J connectivity index is 2.00. The van der Waals surface area contributed by atoms with Crippen LogP contribution < -0.4 is 14.2 Å². The minimum absolute atomic E-state index is 0.249. The molecule has 1 saturated heterocycles. The summed E-state index contributed by atoms with van der Waals surface area (Å²) in [7, 11) is 4.83. The normalized spacial score (nSPS) is 15.5. The molecule has 0 aromatic heterocycles. The summed E-state index contributed by atoms with van der Waals surface area (Å²) in [6, 6.07) is 3.87. The summed E-state index contributed by atoms with van der Waals surface area (Å²) in [6.07, 6.45) is -0.249. The fourth-order valence-corrected chi connectivity index (χ4v) is 2.94. The number of hydrogen-bond acceptors (Lipinski definition) is 6. The average molecular weight is 366 g/mol. The number of ether oxygens (including phenoxy) is 4. The zero-order valence-electron chi connectivity index (χ0n) is 16.6. The van der Waals surface area contributed by atoms with Gasteiger partial charge in [0.05, 0.1) is 21.3 Å². The van der Waals surface area contributed by atoms with E-state index in [2.05, 4.69) is 4.90 Å². The van der Waals surface area contributed by atoms with Crippen molar-refractivity contribution in [3.8, 4) is 17.2 Å². The van der Waals surface area contributed by atoms with E-state index in [-0.39, 0.29) is 6.09 Å². The molecule has 0 spiro atoms. The first-order chi connectivity index (χ1) is 12.3. The van der Waals surface area contributed by atoms with E-state index in [1.807, 2.05) is 32.9 Å². The van der Waals surface area contributed by atoms with E-state index >= 15 is 0 Å². The number of piperazine rings is 1. The van der Waals surface area contributed by atoms with Crippen molar-refractivity contribution in [2.45, 2.75) is 32.9 Å². The fraction of sp³-hybridized carbons (Fsp3) is 0.632. The summed E-state index contributed by atoms with van der Waals surface area (Å²) in [5.74, 6) is 1.92. The molecule has 0 saturated carbocycles. The second-order valence-corrected chi connectivity index (χ2v) is 7.24. The van der Waals surface area contributed by atoms with Crippen molar-refractivity contribution in [3.63, 3.8) is 0 Å². The number of benzene rings is 1. The predicted molar refractivity (Wildman–Crippen MR) is 99.2 cm³/mol. The molecule has 2 rings (SSSR count).